The third-order valence-electron chi connectivity index (χ3n) is 3.33. The molecule has 114 valence electrons. The SMILES string of the molecule is CCNC(c1ccc(C(C)(C)C)s1)c1ccc(Br)cc1F. The van der Waals surface area contributed by atoms with Crippen LogP contribution in [0.3, 0.4) is 0 Å². The summed E-state index contributed by atoms with van der Waals surface area (Å²) in [7, 11) is 0. The molecule has 1 heterocycles. The molecule has 0 aliphatic heterocycles. The Bertz CT molecular complexity index is 615. The number of nitrogens with one attached hydrogen (secondary N) is 1. The second kappa shape index (κ2) is 6.59. The first-order valence-corrected chi connectivity index (χ1v) is 8.72. The van der Waals surface area contributed by atoms with Gasteiger partial charge in [0.2, 0.25) is 0 Å². The summed E-state index contributed by atoms with van der Waals surface area (Å²) in [4.78, 5) is 2.47. The zero-order valence-electron chi connectivity index (χ0n) is 12.8. The molecule has 0 saturated heterocycles. The van der Waals surface area contributed by atoms with Crippen molar-refractivity contribution >= 4 is 27.3 Å². The lowest BCUT2D eigenvalue weighted by Crippen LogP contribution is -2.22. The molecular formula is C17H21BrFNS. The van der Waals surface area contributed by atoms with Crippen molar-refractivity contribution in [1.82, 2.24) is 5.32 Å². The highest BCUT2D eigenvalue weighted by Crippen LogP contribution is 2.35. The van der Waals surface area contributed by atoms with Crippen molar-refractivity contribution in [2.45, 2.75) is 39.2 Å². The van der Waals surface area contributed by atoms with Crippen LogP contribution in [-0.2, 0) is 5.41 Å². The van der Waals surface area contributed by atoms with Crippen molar-refractivity contribution in [3.8, 4) is 0 Å². The van der Waals surface area contributed by atoms with Gasteiger partial charge in [-0.05, 0) is 36.2 Å². The van der Waals surface area contributed by atoms with Gasteiger partial charge in [0.1, 0.15) is 5.82 Å². The van der Waals surface area contributed by atoms with Gasteiger partial charge in [-0.2, -0.15) is 0 Å². The van der Waals surface area contributed by atoms with Crippen LogP contribution in [0.1, 0.15) is 49.1 Å². The topological polar surface area (TPSA) is 12.0 Å². The minimum absolute atomic E-state index is 0.0933. The van der Waals surface area contributed by atoms with Crippen LogP contribution in [0.2, 0.25) is 0 Å². The summed E-state index contributed by atoms with van der Waals surface area (Å²) in [5, 5.41) is 3.40. The Morgan fingerprint density at radius 2 is 1.95 bits per heavy atom. The number of rotatable bonds is 4. The molecule has 0 amide bonds. The molecule has 2 rings (SSSR count). The van der Waals surface area contributed by atoms with E-state index in [1.807, 2.05) is 19.1 Å². The fourth-order valence-electron chi connectivity index (χ4n) is 2.21. The van der Waals surface area contributed by atoms with Crippen LogP contribution >= 0.6 is 27.3 Å². The van der Waals surface area contributed by atoms with Gasteiger partial charge in [0.25, 0.3) is 0 Å². The highest BCUT2D eigenvalue weighted by molar-refractivity contribution is 9.10. The van der Waals surface area contributed by atoms with E-state index in [-0.39, 0.29) is 17.3 Å². The van der Waals surface area contributed by atoms with Crippen LogP contribution in [0.5, 0.6) is 0 Å². The Morgan fingerprint density at radius 3 is 2.48 bits per heavy atom. The average Bonchev–Trinajstić information content (AvgIpc) is 2.86. The first-order chi connectivity index (χ1) is 9.82. The Labute approximate surface area is 138 Å². The van der Waals surface area contributed by atoms with Gasteiger partial charge < -0.3 is 5.32 Å². The van der Waals surface area contributed by atoms with Crippen molar-refractivity contribution in [2.75, 3.05) is 6.54 Å². The molecule has 21 heavy (non-hydrogen) atoms. The normalized spacial score (nSPS) is 13.4. The number of halogens is 2. The molecule has 1 N–H and O–H groups in total. The largest absolute Gasteiger partial charge is 0.306 e. The molecule has 1 aromatic carbocycles. The fourth-order valence-corrected chi connectivity index (χ4v) is 3.71. The van der Waals surface area contributed by atoms with E-state index in [4.69, 9.17) is 0 Å². The molecule has 0 saturated carbocycles. The summed E-state index contributed by atoms with van der Waals surface area (Å²) < 4.78 is 15.0. The van der Waals surface area contributed by atoms with E-state index in [1.54, 1.807) is 11.3 Å². The van der Waals surface area contributed by atoms with Gasteiger partial charge in [-0.25, -0.2) is 4.39 Å². The Balaban J connectivity index is 2.41. The number of hydrogen-bond donors (Lipinski definition) is 1. The molecule has 4 heteroatoms. The Morgan fingerprint density at radius 1 is 1.24 bits per heavy atom. The molecule has 1 unspecified atom stereocenters. The lowest BCUT2D eigenvalue weighted by atomic mass is 9.95. The maximum Gasteiger partial charge on any atom is 0.129 e. The van der Waals surface area contributed by atoms with E-state index in [0.29, 0.717) is 5.56 Å². The van der Waals surface area contributed by atoms with Gasteiger partial charge in [0.15, 0.2) is 0 Å². The third kappa shape index (κ3) is 3.93. The molecule has 0 fully saturated rings. The van der Waals surface area contributed by atoms with Crippen LogP contribution in [0.15, 0.2) is 34.8 Å². The smallest absolute Gasteiger partial charge is 0.129 e. The quantitative estimate of drug-likeness (QED) is 0.734. The molecule has 0 aliphatic carbocycles. The summed E-state index contributed by atoms with van der Waals surface area (Å²) in [6, 6.07) is 9.44. The molecular weight excluding hydrogens is 349 g/mol. The highest BCUT2D eigenvalue weighted by atomic mass is 79.9. The molecule has 2 aromatic rings. The zero-order valence-corrected chi connectivity index (χ0v) is 15.2. The van der Waals surface area contributed by atoms with E-state index in [2.05, 4.69) is 54.2 Å². The van der Waals surface area contributed by atoms with E-state index in [1.165, 1.54) is 10.9 Å². The van der Waals surface area contributed by atoms with Gasteiger partial charge in [-0.15, -0.1) is 11.3 Å². The van der Waals surface area contributed by atoms with Gasteiger partial charge in [0, 0.05) is 19.8 Å². The summed E-state index contributed by atoms with van der Waals surface area (Å²) in [6.07, 6.45) is 0. The lowest BCUT2D eigenvalue weighted by Gasteiger charge is -2.19. The van der Waals surface area contributed by atoms with Gasteiger partial charge in [-0.1, -0.05) is 49.7 Å². The molecule has 0 aliphatic rings. The van der Waals surface area contributed by atoms with Crippen molar-refractivity contribution in [3.63, 3.8) is 0 Å². The lowest BCUT2D eigenvalue weighted by molar-refractivity contribution is 0.562. The van der Waals surface area contributed by atoms with E-state index >= 15 is 0 Å². The first-order valence-electron chi connectivity index (χ1n) is 7.11. The predicted molar refractivity (Wildman–Crippen MR) is 92.6 cm³/mol. The monoisotopic (exact) mass is 369 g/mol. The van der Waals surface area contributed by atoms with E-state index < -0.39 is 0 Å². The average molecular weight is 370 g/mol. The predicted octanol–water partition coefficient (Wildman–Crippen LogP) is 5.65. The summed E-state index contributed by atoms with van der Waals surface area (Å²) in [5.41, 5.74) is 0.820. The number of benzene rings is 1. The maximum absolute atomic E-state index is 14.3. The van der Waals surface area contributed by atoms with E-state index in [9.17, 15) is 4.39 Å². The fraction of sp³-hybridized carbons (Fsp3) is 0.412. The van der Waals surface area contributed by atoms with Crippen molar-refractivity contribution in [2.24, 2.45) is 0 Å². The van der Waals surface area contributed by atoms with Gasteiger partial charge in [-0.3, -0.25) is 0 Å². The second-order valence-corrected chi connectivity index (χ2v) is 8.14. The van der Waals surface area contributed by atoms with Gasteiger partial charge >= 0.3 is 0 Å². The standard InChI is InChI=1S/C17H21BrFNS/c1-5-20-16(12-7-6-11(18)10-13(12)19)14-8-9-15(21-14)17(2,3)4/h6-10,16,20H,5H2,1-4H3. The first kappa shape index (κ1) is 16.7. The highest BCUT2D eigenvalue weighted by Gasteiger charge is 2.22. The van der Waals surface area contributed by atoms with Crippen LogP contribution in [0.4, 0.5) is 4.39 Å². The molecule has 1 atom stereocenters. The van der Waals surface area contributed by atoms with Crippen LogP contribution in [-0.4, -0.2) is 6.54 Å². The van der Waals surface area contributed by atoms with Crippen LogP contribution in [0.25, 0.3) is 0 Å². The number of hydrogen-bond acceptors (Lipinski definition) is 2. The summed E-state index contributed by atoms with van der Waals surface area (Å²) >= 11 is 5.07. The minimum atomic E-state index is -0.180. The van der Waals surface area contributed by atoms with E-state index in [0.717, 1.165) is 15.9 Å². The maximum atomic E-state index is 14.3. The molecule has 1 nitrogen and oxygen atoms in total. The second-order valence-electron chi connectivity index (χ2n) is 6.11. The molecule has 0 radical (unpaired) electrons. The van der Waals surface area contributed by atoms with Crippen LogP contribution < -0.4 is 5.32 Å². The Hall–Kier alpha value is -0.710. The van der Waals surface area contributed by atoms with Crippen LogP contribution in [0, 0.1) is 5.82 Å². The Kier molecular flexibility index (Phi) is 5.23. The van der Waals surface area contributed by atoms with Crippen molar-refractivity contribution in [1.29, 1.82) is 0 Å². The van der Waals surface area contributed by atoms with Gasteiger partial charge in [0.05, 0.1) is 6.04 Å². The zero-order chi connectivity index (χ0) is 15.6. The number of thiophene rings is 1. The molecule has 1 aromatic heterocycles. The minimum Gasteiger partial charge on any atom is -0.306 e. The molecule has 0 spiro atoms. The molecule has 0 bridgehead atoms. The summed E-state index contributed by atoms with van der Waals surface area (Å²) in [5.74, 6) is -0.180. The summed E-state index contributed by atoms with van der Waals surface area (Å²) in [6.45, 7) is 9.44. The van der Waals surface area contributed by atoms with Crippen molar-refractivity contribution in [3.05, 3.63) is 55.9 Å². The van der Waals surface area contributed by atoms with Crippen molar-refractivity contribution < 1.29 is 4.39 Å². The third-order valence-corrected chi connectivity index (χ3v) is 5.40.